The summed E-state index contributed by atoms with van der Waals surface area (Å²) in [5.74, 6) is -2.18. The molecule has 0 aromatic carbocycles. The van der Waals surface area contributed by atoms with E-state index in [0.29, 0.717) is 5.56 Å². The van der Waals surface area contributed by atoms with Gasteiger partial charge in [-0.3, -0.25) is 9.59 Å². The second-order valence-electron chi connectivity index (χ2n) is 5.93. The maximum absolute atomic E-state index is 12.4. The Morgan fingerprint density at radius 3 is 2.41 bits per heavy atom. The highest BCUT2D eigenvalue weighted by atomic mass is 32.2. The smallest absolute Gasteiger partial charge is 0.341 e. The molecule has 1 heterocycles. The fraction of sp³-hybridized carbons (Fsp3) is 0.471. The van der Waals surface area contributed by atoms with Crippen molar-refractivity contribution in [1.82, 2.24) is 4.90 Å². The number of thiophene rings is 1. The van der Waals surface area contributed by atoms with E-state index in [4.69, 9.17) is 4.74 Å². The number of carbonyl (C=O) groups is 3. The molecule has 0 aliphatic rings. The van der Waals surface area contributed by atoms with Gasteiger partial charge in [0.05, 0.1) is 22.8 Å². The third-order valence-corrected chi connectivity index (χ3v) is 6.91. The van der Waals surface area contributed by atoms with Gasteiger partial charge < -0.3 is 15.0 Å². The summed E-state index contributed by atoms with van der Waals surface area (Å²) in [5, 5.41) is 1.20. The molecule has 2 amide bonds. The molecule has 0 bridgehead atoms. The minimum absolute atomic E-state index is 0.0497. The number of anilines is 1. The number of hydrogen-bond donors (Lipinski definition) is 1. The molecule has 150 valence electrons. The summed E-state index contributed by atoms with van der Waals surface area (Å²) in [4.78, 5) is 38.7. The van der Waals surface area contributed by atoms with Gasteiger partial charge in [0.25, 0.3) is 5.91 Å². The van der Waals surface area contributed by atoms with Gasteiger partial charge in [0.1, 0.15) is 10.3 Å². The standard InChI is InChI=1S/C17H24N2O6S2/c1-7-9-27(23,24)11(4)14(20)18-15-12(17(22)25-8-2)10(3)13(26-15)16(21)19(5)6/h7,11H,1,8-9H2,2-6H3,(H,18,20). The van der Waals surface area contributed by atoms with Crippen LogP contribution < -0.4 is 5.32 Å². The fourth-order valence-corrected chi connectivity index (χ4v) is 4.36. The number of hydrogen-bond acceptors (Lipinski definition) is 7. The highest BCUT2D eigenvalue weighted by molar-refractivity contribution is 7.92. The highest BCUT2D eigenvalue weighted by Gasteiger charge is 2.31. The number of nitrogens with one attached hydrogen (secondary N) is 1. The van der Waals surface area contributed by atoms with E-state index in [1.807, 2.05) is 0 Å². The van der Waals surface area contributed by atoms with Crippen LogP contribution in [0, 0.1) is 6.92 Å². The third kappa shape index (κ3) is 5.16. The molecule has 0 spiro atoms. The van der Waals surface area contributed by atoms with Gasteiger partial charge in [0.2, 0.25) is 5.91 Å². The Balaban J connectivity index is 3.35. The second kappa shape index (κ2) is 9.14. The van der Waals surface area contributed by atoms with Gasteiger partial charge in [-0.05, 0) is 26.3 Å². The number of rotatable bonds is 8. The van der Waals surface area contributed by atoms with Crippen LogP contribution in [0.15, 0.2) is 12.7 Å². The van der Waals surface area contributed by atoms with E-state index < -0.39 is 27.0 Å². The first-order valence-corrected chi connectivity index (χ1v) is 10.7. The van der Waals surface area contributed by atoms with Gasteiger partial charge >= 0.3 is 5.97 Å². The minimum Gasteiger partial charge on any atom is -0.462 e. The highest BCUT2D eigenvalue weighted by Crippen LogP contribution is 2.34. The first-order valence-electron chi connectivity index (χ1n) is 8.13. The summed E-state index contributed by atoms with van der Waals surface area (Å²) >= 11 is 0.908. The Morgan fingerprint density at radius 2 is 1.93 bits per heavy atom. The predicted molar refractivity (Wildman–Crippen MR) is 105 cm³/mol. The third-order valence-electron chi connectivity index (χ3n) is 3.72. The molecule has 27 heavy (non-hydrogen) atoms. The zero-order chi connectivity index (χ0) is 20.9. The molecular weight excluding hydrogens is 392 g/mol. The van der Waals surface area contributed by atoms with Crippen LogP contribution in [0.4, 0.5) is 5.00 Å². The molecule has 1 aromatic rings. The van der Waals surface area contributed by atoms with Crippen molar-refractivity contribution in [3.05, 3.63) is 28.7 Å². The normalized spacial score (nSPS) is 12.2. The van der Waals surface area contributed by atoms with E-state index in [9.17, 15) is 22.8 Å². The van der Waals surface area contributed by atoms with Gasteiger partial charge in [-0.25, -0.2) is 13.2 Å². The van der Waals surface area contributed by atoms with Crippen molar-refractivity contribution >= 4 is 44.0 Å². The van der Waals surface area contributed by atoms with Crippen molar-refractivity contribution in [2.24, 2.45) is 0 Å². The summed E-state index contributed by atoms with van der Waals surface area (Å²) < 4.78 is 29.2. The largest absolute Gasteiger partial charge is 0.462 e. The summed E-state index contributed by atoms with van der Waals surface area (Å²) in [6.45, 7) is 7.95. The van der Waals surface area contributed by atoms with E-state index in [0.717, 1.165) is 11.3 Å². The maximum Gasteiger partial charge on any atom is 0.341 e. The van der Waals surface area contributed by atoms with Crippen LogP contribution in [-0.4, -0.2) is 62.8 Å². The van der Waals surface area contributed by atoms with Gasteiger partial charge in [0.15, 0.2) is 9.84 Å². The molecule has 1 atom stereocenters. The average Bonchev–Trinajstić information content (AvgIpc) is 2.89. The van der Waals surface area contributed by atoms with E-state index in [1.54, 1.807) is 27.9 Å². The lowest BCUT2D eigenvalue weighted by Crippen LogP contribution is -2.34. The monoisotopic (exact) mass is 416 g/mol. The molecule has 0 fully saturated rings. The van der Waals surface area contributed by atoms with Crippen molar-refractivity contribution in [3.8, 4) is 0 Å². The van der Waals surface area contributed by atoms with Crippen molar-refractivity contribution in [2.45, 2.75) is 26.0 Å². The predicted octanol–water partition coefficient (Wildman–Crippen LogP) is 1.86. The molecule has 1 unspecified atom stereocenters. The summed E-state index contributed by atoms with van der Waals surface area (Å²) in [5.41, 5.74) is 0.419. The summed E-state index contributed by atoms with van der Waals surface area (Å²) in [6.07, 6.45) is 1.20. The van der Waals surface area contributed by atoms with Crippen LogP contribution in [-0.2, 0) is 19.4 Å². The van der Waals surface area contributed by atoms with Crippen molar-refractivity contribution in [3.63, 3.8) is 0 Å². The van der Waals surface area contributed by atoms with Crippen molar-refractivity contribution in [1.29, 1.82) is 0 Å². The van der Waals surface area contributed by atoms with Crippen LogP contribution in [0.2, 0.25) is 0 Å². The number of nitrogens with zero attached hydrogens (tertiary/aromatic N) is 1. The van der Waals surface area contributed by atoms with Gasteiger partial charge in [0, 0.05) is 14.1 Å². The first-order chi connectivity index (χ1) is 12.5. The molecule has 1 rings (SSSR count). The zero-order valence-electron chi connectivity index (χ0n) is 16.0. The Kier molecular flexibility index (Phi) is 7.73. The molecule has 0 aliphatic heterocycles. The van der Waals surface area contributed by atoms with E-state index in [1.165, 1.54) is 17.9 Å². The number of sulfone groups is 1. The number of esters is 1. The molecule has 1 N–H and O–H groups in total. The van der Waals surface area contributed by atoms with Crippen LogP contribution in [0.25, 0.3) is 0 Å². The number of ether oxygens (including phenoxy) is 1. The average molecular weight is 417 g/mol. The molecular formula is C17H24N2O6S2. The maximum atomic E-state index is 12.4. The quantitative estimate of drug-likeness (QED) is 0.512. The zero-order valence-corrected chi connectivity index (χ0v) is 17.6. The SMILES string of the molecule is C=CCS(=O)(=O)C(C)C(=O)Nc1sc(C(=O)N(C)C)c(C)c1C(=O)OCC. The van der Waals surface area contributed by atoms with E-state index >= 15 is 0 Å². The Bertz CT molecular complexity index is 855. The lowest BCUT2D eigenvalue weighted by molar-refractivity contribution is -0.115. The molecule has 10 heteroatoms. The summed E-state index contributed by atoms with van der Waals surface area (Å²) in [7, 11) is -0.596. The van der Waals surface area contributed by atoms with Crippen LogP contribution in [0.5, 0.6) is 0 Å². The molecule has 8 nitrogen and oxygen atoms in total. The van der Waals surface area contributed by atoms with Gasteiger partial charge in [-0.15, -0.1) is 17.9 Å². The molecule has 0 radical (unpaired) electrons. The lowest BCUT2D eigenvalue weighted by atomic mass is 10.1. The van der Waals surface area contributed by atoms with Gasteiger partial charge in [-0.2, -0.15) is 0 Å². The van der Waals surface area contributed by atoms with E-state index in [-0.39, 0.29) is 33.7 Å². The van der Waals surface area contributed by atoms with Crippen molar-refractivity contribution in [2.75, 3.05) is 31.8 Å². The topological polar surface area (TPSA) is 110 Å². The summed E-state index contributed by atoms with van der Waals surface area (Å²) in [6, 6.07) is 0. The van der Waals surface area contributed by atoms with Crippen LogP contribution >= 0.6 is 11.3 Å². The molecule has 0 aliphatic carbocycles. The van der Waals surface area contributed by atoms with Crippen LogP contribution in [0.1, 0.15) is 39.4 Å². The fourth-order valence-electron chi connectivity index (χ4n) is 2.14. The number of carbonyl (C=O) groups excluding carboxylic acids is 3. The second-order valence-corrected chi connectivity index (χ2v) is 9.32. The molecule has 1 aromatic heterocycles. The molecule has 0 saturated carbocycles. The Morgan fingerprint density at radius 1 is 1.33 bits per heavy atom. The molecule has 0 saturated heterocycles. The minimum atomic E-state index is -3.72. The van der Waals surface area contributed by atoms with E-state index in [2.05, 4.69) is 11.9 Å². The first kappa shape index (κ1) is 22.8. The van der Waals surface area contributed by atoms with Gasteiger partial charge in [-0.1, -0.05) is 6.08 Å². The van der Waals surface area contributed by atoms with Crippen molar-refractivity contribution < 1.29 is 27.5 Å². The Hall–Kier alpha value is -2.20. The Labute approximate surface area is 163 Å². The van der Waals surface area contributed by atoms with Crippen LogP contribution in [0.3, 0.4) is 0 Å². The lowest BCUT2D eigenvalue weighted by Gasteiger charge is -2.12. The number of amides is 2.